The minimum atomic E-state index is 0.0631. The Morgan fingerprint density at radius 3 is 2.62 bits per heavy atom. The molecule has 1 fully saturated rings. The molecular weight excluding hydrogens is 202 g/mol. The Labute approximate surface area is 95.6 Å². The maximum atomic E-state index is 11.7. The number of hydrogen-bond acceptors (Lipinski definition) is 3. The molecule has 1 heterocycles. The van der Waals surface area contributed by atoms with E-state index in [1.54, 1.807) is 0 Å². The molecule has 0 bridgehead atoms. The first-order chi connectivity index (χ1) is 7.84. The lowest BCUT2D eigenvalue weighted by molar-refractivity contribution is -0.125. The minimum absolute atomic E-state index is 0.0631. The number of rotatable bonds is 3. The number of amides is 1. The second-order valence-electron chi connectivity index (χ2n) is 3.93. The van der Waals surface area contributed by atoms with E-state index in [0.717, 1.165) is 31.7 Å². The fourth-order valence-corrected chi connectivity index (χ4v) is 1.77. The molecule has 0 spiro atoms. The SMILES string of the molecule is O=C(Cc1ccccc1)NN1CCNCC1. The first kappa shape index (κ1) is 11.1. The van der Waals surface area contributed by atoms with Crippen molar-refractivity contribution >= 4 is 5.91 Å². The van der Waals surface area contributed by atoms with E-state index in [2.05, 4.69) is 10.7 Å². The van der Waals surface area contributed by atoms with Crippen LogP contribution in [-0.2, 0) is 11.2 Å². The Morgan fingerprint density at radius 2 is 1.94 bits per heavy atom. The molecule has 2 rings (SSSR count). The summed E-state index contributed by atoms with van der Waals surface area (Å²) in [7, 11) is 0. The van der Waals surface area contributed by atoms with Gasteiger partial charge in [0.05, 0.1) is 6.42 Å². The Balaban J connectivity index is 1.80. The van der Waals surface area contributed by atoms with Crippen LogP contribution in [0.4, 0.5) is 0 Å². The molecule has 1 aliphatic heterocycles. The minimum Gasteiger partial charge on any atom is -0.314 e. The summed E-state index contributed by atoms with van der Waals surface area (Å²) in [5.41, 5.74) is 3.97. The molecule has 1 aromatic carbocycles. The van der Waals surface area contributed by atoms with Crippen LogP contribution < -0.4 is 10.7 Å². The summed E-state index contributed by atoms with van der Waals surface area (Å²) in [4.78, 5) is 11.7. The molecule has 2 N–H and O–H groups in total. The van der Waals surface area contributed by atoms with Crippen molar-refractivity contribution in [2.45, 2.75) is 6.42 Å². The lowest BCUT2D eigenvalue weighted by atomic mass is 10.1. The van der Waals surface area contributed by atoms with Crippen molar-refractivity contribution in [2.75, 3.05) is 26.2 Å². The van der Waals surface area contributed by atoms with Crippen molar-refractivity contribution in [3.63, 3.8) is 0 Å². The van der Waals surface area contributed by atoms with Gasteiger partial charge in [-0.15, -0.1) is 0 Å². The molecule has 86 valence electrons. The molecule has 0 saturated carbocycles. The van der Waals surface area contributed by atoms with E-state index in [9.17, 15) is 4.79 Å². The summed E-state index contributed by atoms with van der Waals surface area (Å²) in [5, 5.41) is 5.22. The normalized spacial score (nSPS) is 17.0. The standard InChI is InChI=1S/C12H17N3O/c16-12(10-11-4-2-1-3-5-11)14-15-8-6-13-7-9-15/h1-5,13H,6-10H2,(H,14,16). The Morgan fingerprint density at radius 1 is 1.25 bits per heavy atom. The van der Waals surface area contributed by atoms with Crippen LogP contribution in [0.1, 0.15) is 5.56 Å². The number of piperazine rings is 1. The van der Waals surface area contributed by atoms with Gasteiger partial charge >= 0.3 is 0 Å². The number of benzene rings is 1. The highest BCUT2D eigenvalue weighted by Gasteiger charge is 2.12. The Bertz CT molecular complexity index is 333. The van der Waals surface area contributed by atoms with Crippen LogP contribution in [0.15, 0.2) is 30.3 Å². The smallest absolute Gasteiger partial charge is 0.238 e. The van der Waals surface area contributed by atoms with E-state index < -0.39 is 0 Å². The molecule has 1 saturated heterocycles. The summed E-state index contributed by atoms with van der Waals surface area (Å²) >= 11 is 0. The van der Waals surface area contributed by atoms with Crippen LogP contribution >= 0.6 is 0 Å². The van der Waals surface area contributed by atoms with E-state index in [-0.39, 0.29) is 5.91 Å². The molecule has 0 aliphatic carbocycles. The Kier molecular flexibility index (Phi) is 3.91. The van der Waals surface area contributed by atoms with Crippen molar-refractivity contribution in [3.05, 3.63) is 35.9 Å². The first-order valence-corrected chi connectivity index (χ1v) is 5.64. The molecule has 1 aromatic rings. The molecule has 4 heteroatoms. The van der Waals surface area contributed by atoms with Gasteiger partial charge in [-0.2, -0.15) is 0 Å². The highest BCUT2D eigenvalue weighted by molar-refractivity contribution is 5.78. The molecule has 0 aromatic heterocycles. The second kappa shape index (κ2) is 5.63. The molecule has 1 amide bonds. The molecule has 0 radical (unpaired) electrons. The summed E-state index contributed by atoms with van der Waals surface area (Å²) in [6.07, 6.45) is 0.449. The van der Waals surface area contributed by atoms with Crippen LogP contribution in [0.3, 0.4) is 0 Å². The van der Waals surface area contributed by atoms with Gasteiger partial charge in [0.25, 0.3) is 0 Å². The van der Waals surface area contributed by atoms with E-state index in [0.29, 0.717) is 6.42 Å². The van der Waals surface area contributed by atoms with Crippen LogP contribution in [-0.4, -0.2) is 37.1 Å². The largest absolute Gasteiger partial charge is 0.314 e. The van der Waals surface area contributed by atoms with Crippen molar-refractivity contribution in [1.29, 1.82) is 0 Å². The summed E-state index contributed by atoms with van der Waals surface area (Å²) in [6.45, 7) is 3.62. The number of nitrogens with one attached hydrogen (secondary N) is 2. The molecule has 0 atom stereocenters. The maximum Gasteiger partial charge on any atom is 0.238 e. The fraction of sp³-hybridized carbons (Fsp3) is 0.417. The average molecular weight is 219 g/mol. The quantitative estimate of drug-likeness (QED) is 0.761. The predicted molar refractivity (Wildman–Crippen MR) is 62.7 cm³/mol. The van der Waals surface area contributed by atoms with Crippen molar-refractivity contribution in [3.8, 4) is 0 Å². The lowest BCUT2D eigenvalue weighted by Crippen LogP contribution is -2.52. The highest BCUT2D eigenvalue weighted by Crippen LogP contribution is 1.99. The highest BCUT2D eigenvalue weighted by atomic mass is 16.2. The monoisotopic (exact) mass is 219 g/mol. The van der Waals surface area contributed by atoms with Gasteiger partial charge in [-0.05, 0) is 5.56 Å². The van der Waals surface area contributed by atoms with E-state index >= 15 is 0 Å². The summed E-state index contributed by atoms with van der Waals surface area (Å²) in [6, 6.07) is 9.80. The number of hydrogen-bond donors (Lipinski definition) is 2. The zero-order valence-electron chi connectivity index (χ0n) is 9.28. The second-order valence-corrected chi connectivity index (χ2v) is 3.93. The van der Waals surface area contributed by atoms with Crippen LogP contribution in [0.2, 0.25) is 0 Å². The van der Waals surface area contributed by atoms with Crippen LogP contribution in [0.5, 0.6) is 0 Å². The molecule has 4 nitrogen and oxygen atoms in total. The summed E-state index contributed by atoms with van der Waals surface area (Å²) < 4.78 is 0. The predicted octanol–water partition coefficient (Wildman–Crippen LogP) is 0.166. The van der Waals surface area contributed by atoms with Crippen molar-refractivity contribution in [1.82, 2.24) is 15.8 Å². The number of hydrazine groups is 1. The number of carbonyl (C=O) groups is 1. The molecule has 16 heavy (non-hydrogen) atoms. The topological polar surface area (TPSA) is 44.4 Å². The van der Waals surface area contributed by atoms with Gasteiger partial charge in [0, 0.05) is 26.2 Å². The van der Waals surface area contributed by atoms with Crippen LogP contribution in [0, 0.1) is 0 Å². The van der Waals surface area contributed by atoms with E-state index in [4.69, 9.17) is 0 Å². The molecular formula is C12H17N3O. The van der Waals surface area contributed by atoms with Gasteiger partial charge < -0.3 is 5.32 Å². The zero-order valence-corrected chi connectivity index (χ0v) is 9.28. The third-order valence-corrected chi connectivity index (χ3v) is 2.61. The van der Waals surface area contributed by atoms with Crippen LogP contribution in [0.25, 0.3) is 0 Å². The average Bonchev–Trinajstić information content (AvgIpc) is 2.31. The molecule has 1 aliphatic rings. The number of carbonyl (C=O) groups excluding carboxylic acids is 1. The Hall–Kier alpha value is -1.39. The lowest BCUT2D eigenvalue weighted by Gasteiger charge is -2.27. The van der Waals surface area contributed by atoms with Gasteiger partial charge in [0.1, 0.15) is 0 Å². The third kappa shape index (κ3) is 3.32. The fourth-order valence-electron chi connectivity index (χ4n) is 1.77. The first-order valence-electron chi connectivity index (χ1n) is 5.64. The number of nitrogens with zero attached hydrogens (tertiary/aromatic N) is 1. The van der Waals surface area contributed by atoms with Gasteiger partial charge in [-0.3, -0.25) is 10.2 Å². The summed E-state index contributed by atoms with van der Waals surface area (Å²) in [5.74, 6) is 0.0631. The van der Waals surface area contributed by atoms with E-state index in [1.807, 2.05) is 35.3 Å². The van der Waals surface area contributed by atoms with E-state index in [1.165, 1.54) is 0 Å². The van der Waals surface area contributed by atoms with Gasteiger partial charge in [-0.25, -0.2) is 5.01 Å². The maximum absolute atomic E-state index is 11.7. The van der Waals surface area contributed by atoms with Crippen molar-refractivity contribution in [2.24, 2.45) is 0 Å². The third-order valence-electron chi connectivity index (χ3n) is 2.61. The molecule has 0 unspecified atom stereocenters. The van der Waals surface area contributed by atoms with Gasteiger partial charge in [0.2, 0.25) is 5.91 Å². The van der Waals surface area contributed by atoms with Gasteiger partial charge in [-0.1, -0.05) is 30.3 Å². The van der Waals surface area contributed by atoms with Gasteiger partial charge in [0.15, 0.2) is 0 Å². The zero-order chi connectivity index (χ0) is 11.2. The van der Waals surface area contributed by atoms with Crippen molar-refractivity contribution < 1.29 is 4.79 Å².